The van der Waals surface area contributed by atoms with Crippen molar-refractivity contribution in [2.75, 3.05) is 6.61 Å². The third-order valence-electron chi connectivity index (χ3n) is 8.82. The number of hydrogen-bond acceptors (Lipinski definition) is 4. The lowest BCUT2D eigenvalue weighted by Crippen LogP contribution is -2.49. The van der Waals surface area contributed by atoms with Gasteiger partial charge in [0.05, 0.1) is 18.8 Å². The van der Waals surface area contributed by atoms with Crippen LogP contribution in [0, 0.1) is 0 Å². The number of aliphatic hydroxyl groups excluding tert-OH is 3. The molecule has 0 bridgehead atoms. The van der Waals surface area contributed by atoms with Crippen LogP contribution in [0.25, 0.3) is 0 Å². The number of aliphatic hydroxyl groups is 3. The monoisotopic (exact) mass is 622 g/mol. The molecule has 0 aliphatic carbocycles. The van der Waals surface area contributed by atoms with Gasteiger partial charge in [-0.1, -0.05) is 173 Å². The number of nitrogens with one attached hydrogen (secondary N) is 1. The van der Waals surface area contributed by atoms with Gasteiger partial charge in [0.1, 0.15) is 6.10 Å². The summed E-state index contributed by atoms with van der Waals surface area (Å²) < 4.78 is 0. The number of unbranched alkanes of at least 4 members (excludes halogenated alkanes) is 22. The van der Waals surface area contributed by atoms with Gasteiger partial charge in [-0.25, -0.2) is 0 Å². The van der Waals surface area contributed by atoms with E-state index in [0.29, 0.717) is 12.8 Å². The predicted molar refractivity (Wildman–Crippen MR) is 190 cm³/mol. The number of carbonyl (C=O) groups excluding carboxylic acids is 1. The van der Waals surface area contributed by atoms with E-state index in [0.717, 1.165) is 44.9 Å². The Labute approximate surface area is 273 Å². The molecule has 0 spiro atoms. The molecule has 4 N–H and O–H groups in total. The highest BCUT2D eigenvalue weighted by atomic mass is 16.3. The highest BCUT2D eigenvalue weighted by Crippen LogP contribution is 2.15. The summed E-state index contributed by atoms with van der Waals surface area (Å²) in [6.45, 7) is 4.19. The summed E-state index contributed by atoms with van der Waals surface area (Å²) in [6.07, 6.45) is 40.1. The first kappa shape index (κ1) is 42.8. The van der Waals surface area contributed by atoms with Crippen molar-refractivity contribution < 1.29 is 20.1 Å². The molecule has 3 unspecified atom stereocenters. The smallest absolute Gasteiger partial charge is 0.249 e. The van der Waals surface area contributed by atoms with Crippen molar-refractivity contribution >= 4 is 5.91 Å². The van der Waals surface area contributed by atoms with Gasteiger partial charge in [-0.15, -0.1) is 0 Å². The van der Waals surface area contributed by atoms with E-state index >= 15 is 0 Å². The van der Waals surface area contributed by atoms with E-state index in [1.54, 1.807) is 0 Å². The number of rotatable bonds is 34. The maximum atomic E-state index is 12.4. The fourth-order valence-electron chi connectivity index (χ4n) is 5.75. The molecule has 5 heteroatoms. The Kier molecular flexibility index (Phi) is 33.8. The third-order valence-corrected chi connectivity index (χ3v) is 8.82. The molecule has 0 aliphatic rings. The fraction of sp³-hybridized carbons (Fsp3) is 0.872. The summed E-state index contributed by atoms with van der Waals surface area (Å²) in [5.41, 5.74) is 0. The molecule has 0 aromatic carbocycles. The minimum atomic E-state index is -1.08. The van der Waals surface area contributed by atoms with Gasteiger partial charge in [0.15, 0.2) is 0 Å². The van der Waals surface area contributed by atoms with Crippen LogP contribution in [0.5, 0.6) is 0 Å². The molecule has 260 valence electrons. The second-order valence-corrected chi connectivity index (χ2v) is 13.1. The molecule has 5 nitrogen and oxygen atoms in total. The van der Waals surface area contributed by atoms with Crippen molar-refractivity contribution in [3.8, 4) is 0 Å². The molecule has 0 aromatic heterocycles. The Balaban J connectivity index is 3.70. The molecular weight excluding hydrogens is 546 g/mol. The van der Waals surface area contributed by atoms with Crippen LogP contribution in [0.1, 0.15) is 194 Å². The quantitative estimate of drug-likeness (QED) is 0.0425. The van der Waals surface area contributed by atoms with Gasteiger partial charge in [0.2, 0.25) is 5.91 Å². The Hall–Kier alpha value is -1.17. The number of allylic oxidation sites excluding steroid dienone is 4. The Morgan fingerprint density at radius 3 is 1.41 bits per heavy atom. The Morgan fingerprint density at radius 1 is 0.545 bits per heavy atom. The highest BCUT2D eigenvalue weighted by Gasteiger charge is 2.23. The standard InChI is InChI=1S/C39H75NO4/c1-3-5-7-9-11-13-15-17-19-20-22-24-26-28-30-32-34-38(43)39(44)40-36(35-41)37(42)33-31-29-27-25-23-21-18-16-14-12-10-8-6-4-2/h11,13,17,19,36-38,41-43H,3-10,12,14-16,18,20-35H2,1-2H3,(H,40,44)/b13-11-,19-17-. The number of amides is 1. The van der Waals surface area contributed by atoms with Crippen LogP contribution < -0.4 is 5.32 Å². The lowest BCUT2D eigenvalue weighted by molar-refractivity contribution is -0.131. The zero-order valence-corrected chi connectivity index (χ0v) is 29.3. The molecule has 44 heavy (non-hydrogen) atoms. The highest BCUT2D eigenvalue weighted by molar-refractivity contribution is 5.80. The van der Waals surface area contributed by atoms with Gasteiger partial charge in [-0.05, 0) is 44.9 Å². The zero-order valence-electron chi connectivity index (χ0n) is 29.3. The van der Waals surface area contributed by atoms with E-state index in [9.17, 15) is 20.1 Å². The van der Waals surface area contributed by atoms with Crippen LogP contribution >= 0.6 is 0 Å². The fourth-order valence-corrected chi connectivity index (χ4v) is 5.75. The average molecular weight is 622 g/mol. The van der Waals surface area contributed by atoms with E-state index in [2.05, 4.69) is 43.5 Å². The van der Waals surface area contributed by atoms with Crippen LogP contribution in [0.15, 0.2) is 24.3 Å². The summed E-state index contributed by atoms with van der Waals surface area (Å²) in [4.78, 5) is 12.4. The lowest BCUT2D eigenvalue weighted by Gasteiger charge is -2.23. The van der Waals surface area contributed by atoms with Crippen molar-refractivity contribution in [3.63, 3.8) is 0 Å². The van der Waals surface area contributed by atoms with Gasteiger partial charge >= 0.3 is 0 Å². The first-order chi connectivity index (χ1) is 21.6. The average Bonchev–Trinajstić information content (AvgIpc) is 3.03. The van der Waals surface area contributed by atoms with Gasteiger partial charge in [-0.3, -0.25) is 4.79 Å². The molecule has 0 saturated heterocycles. The van der Waals surface area contributed by atoms with Crippen LogP contribution in [0.4, 0.5) is 0 Å². The maximum Gasteiger partial charge on any atom is 0.249 e. The SMILES string of the molecule is CCCCC/C=C\C/C=C\CCCCCCCCC(O)C(=O)NC(CO)C(O)CCCCCCCCCCCCCCCC. The van der Waals surface area contributed by atoms with Crippen molar-refractivity contribution in [2.45, 2.75) is 212 Å². The van der Waals surface area contributed by atoms with Crippen molar-refractivity contribution in [1.82, 2.24) is 5.32 Å². The summed E-state index contributed by atoms with van der Waals surface area (Å²) in [5, 5.41) is 33.1. The van der Waals surface area contributed by atoms with E-state index in [1.165, 1.54) is 122 Å². The second kappa shape index (κ2) is 34.7. The van der Waals surface area contributed by atoms with Crippen LogP contribution in [0.2, 0.25) is 0 Å². The van der Waals surface area contributed by atoms with Crippen molar-refractivity contribution in [1.29, 1.82) is 0 Å². The maximum absolute atomic E-state index is 12.4. The second-order valence-electron chi connectivity index (χ2n) is 13.1. The molecule has 0 rings (SSSR count). The molecule has 1 amide bonds. The van der Waals surface area contributed by atoms with E-state index < -0.39 is 24.2 Å². The normalized spacial score (nSPS) is 14.0. The van der Waals surface area contributed by atoms with Crippen LogP contribution in [-0.2, 0) is 4.79 Å². The molecule has 3 atom stereocenters. The van der Waals surface area contributed by atoms with Crippen LogP contribution in [0.3, 0.4) is 0 Å². The Morgan fingerprint density at radius 2 is 0.932 bits per heavy atom. The molecule has 0 saturated carbocycles. The summed E-state index contributed by atoms with van der Waals surface area (Å²) in [6, 6.07) is -0.713. The molecule has 0 fully saturated rings. The van der Waals surface area contributed by atoms with Gasteiger partial charge in [0, 0.05) is 0 Å². The largest absolute Gasteiger partial charge is 0.394 e. The summed E-state index contributed by atoms with van der Waals surface area (Å²) >= 11 is 0. The van der Waals surface area contributed by atoms with Gasteiger partial charge in [0.25, 0.3) is 0 Å². The Bertz CT molecular complexity index is 650. The van der Waals surface area contributed by atoms with E-state index in [4.69, 9.17) is 0 Å². The molecule has 0 heterocycles. The lowest BCUT2D eigenvalue weighted by atomic mass is 10.0. The molecule has 0 radical (unpaired) electrons. The topological polar surface area (TPSA) is 89.8 Å². The first-order valence-corrected chi connectivity index (χ1v) is 19.1. The van der Waals surface area contributed by atoms with Gasteiger partial charge < -0.3 is 20.6 Å². The summed E-state index contributed by atoms with van der Waals surface area (Å²) in [7, 11) is 0. The summed E-state index contributed by atoms with van der Waals surface area (Å²) in [5.74, 6) is -0.480. The van der Waals surface area contributed by atoms with Crippen molar-refractivity contribution in [2.24, 2.45) is 0 Å². The predicted octanol–water partition coefficient (Wildman–Crippen LogP) is 10.3. The molecule has 0 aromatic rings. The third kappa shape index (κ3) is 29.5. The molecular formula is C39H75NO4. The van der Waals surface area contributed by atoms with E-state index in [-0.39, 0.29) is 6.61 Å². The zero-order chi connectivity index (χ0) is 32.4. The number of carbonyl (C=O) groups is 1. The van der Waals surface area contributed by atoms with Crippen LogP contribution in [-0.4, -0.2) is 46.1 Å². The van der Waals surface area contributed by atoms with Gasteiger partial charge in [-0.2, -0.15) is 0 Å². The molecule has 0 aliphatic heterocycles. The minimum absolute atomic E-state index is 0.316. The number of hydrogen-bond donors (Lipinski definition) is 4. The first-order valence-electron chi connectivity index (χ1n) is 19.1. The minimum Gasteiger partial charge on any atom is -0.394 e. The van der Waals surface area contributed by atoms with E-state index in [1.807, 2.05) is 0 Å². The van der Waals surface area contributed by atoms with Crippen molar-refractivity contribution in [3.05, 3.63) is 24.3 Å².